The second kappa shape index (κ2) is 7.42. The van der Waals surface area contributed by atoms with Crippen LogP contribution in [0.5, 0.6) is 17.5 Å². The van der Waals surface area contributed by atoms with Gasteiger partial charge < -0.3 is 13.9 Å². The molecule has 6 nitrogen and oxygen atoms in total. The Morgan fingerprint density at radius 1 is 0.760 bits per heavy atom. The minimum Gasteiger partial charge on any atom is -0.544 e. The molecule has 1 rings (SSSR count). The maximum absolute atomic E-state index is 12.2. The number of carbonyl (C=O) groups excluding carboxylic acids is 2. The average molecular weight is 400 g/mol. The van der Waals surface area contributed by atoms with E-state index in [9.17, 15) is 9.59 Å². The highest BCUT2D eigenvalue weighted by atomic mass is 28.4. The molecule has 0 N–H and O–H groups in total. The molecular formula is C16H29NO5Si3. The zero-order valence-corrected chi connectivity index (χ0v) is 19.6. The molecule has 1 heterocycles. The van der Waals surface area contributed by atoms with Crippen molar-refractivity contribution in [2.45, 2.75) is 58.9 Å². The third kappa shape index (κ3) is 7.53. The number of carbonyl (C=O) groups is 2. The van der Waals surface area contributed by atoms with Crippen LogP contribution in [-0.4, -0.2) is 40.6 Å². The van der Waals surface area contributed by atoms with Gasteiger partial charge in [0.2, 0.25) is 20.1 Å². The summed E-state index contributed by atoms with van der Waals surface area (Å²) in [6.45, 7) is 17.5. The van der Waals surface area contributed by atoms with Gasteiger partial charge in [0.05, 0.1) is 0 Å². The lowest BCUT2D eigenvalue weighted by atomic mass is 10.4. The molecule has 0 saturated carbocycles. The Labute approximate surface area is 153 Å². The molecule has 0 fully saturated rings. The molecule has 0 bridgehead atoms. The third-order valence-corrected chi connectivity index (χ3v) is 6.30. The van der Waals surface area contributed by atoms with E-state index >= 15 is 0 Å². The fourth-order valence-electron chi connectivity index (χ4n) is 1.47. The van der Waals surface area contributed by atoms with Crippen LogP contribution in [0.15, 0.2) is 12.1 Å². The van der Waals surface area contributed by atoms with Crippen molar-refractivity contribution < 1.29 is 23.5 Å². The highest BCUT2D eigenvalue weighted by Gasteiger charge is 2.30. The van der Waals surface area contributed by atoms with E-state index in [0.717, 1.165) is 0 Å². The summed E-state index contributed by atoms with van der Waals surface area (Å²) in [7, 11) is -6.13. The van der Waals surface area contributed by atoms with E-state index in [4.69, 9.17) is 13.9 Å². The van der Waals surface area contributed by atoms with Gasteiger partial charge in [-0.1, -0.05) is 39.3 Å². The zero-order valence-electron chi connectivity index (χ0n) is 16.6. The Hall–Kier alpha value is -1.46. The van der Waals surface area contributed by atoms with Gasteiger partial charge in [0.1, 0.15) is 5.75 Å². The van der Waals surface area contributed by atoms with Gasteiger partial charge in [-0.3, -0.25) is 9.59 Å². The van der Waals surface area contributed by atoms with Crippen molar-refractivity contribution in [1.82, 2.24) is 4.98 Å². The quantitative estimate of drug-likeness (QED) is 0.617. The first-order valence-corrected chi connectivity index (χ1v) is 18.6. The molecule has 1 aromatic heterocycles. The van der Waals surface area contributed by atoms with Gasteiger partial charge in [0.15, 0.2) is 16.1 Å². The van der Waals surface area contributed by atoms with E-state index in [1.165, 1.54) is 0 Å². The summed E-state index contributed by atoms with van der Waals surface area (Å²) in [6.07, 6.45) is 0. The highest BCUT2D eigenvalue weighted by molar-refractivity contribution is 7.02. The number of hydrogen-bond donors (Lipinski definition) is 0. The highest BCUT2D eigenvalue weighted by Crippen LogP contribution is 2.27. The van der Waals surface area contributed by atoms with Crippen LogP contribution in [0.3, 0.4) is 0 Å². The molecule has 140 valence electrons. The van der Waals surface area contributed by atoms with Crippen LogP contribution in [0.4, 0.5) is 9.59 Å². The first kappa shape index (κ1) is 21.6. The molecule has 9 heteroatoms. The fourth-order valence-corrected chi connectivity index (χ4v) is 3.12. The molecule has 0 radical (unpaired) electrons. The smallest absolute Gasteiger partial charge is 0.277 e. The first-order valence-electron chi connectivity index (χ1n) is 8.23. The van der Waals surface area contributed by atoms with Crippen molar-refractivity contribution in [3.8, 4) is 17.5 Å². The molecule has 0 aliphatic rings. The summed E-state index contributed by atoms with van der Waals surface area (Å²) < 4.78 is 16.8. The molecule has 1 aromatic rings. The Bertz CT molecular complexity index is 611. The third-order valence-electron chi connectivity index (χ3n) is 2.80. The summed E-state index contributed by atoms with van der Waals surface area (Å²) >= 11 is 0. The zero-order chi connectivity index (χ0) is 19.6. The predicted octanol–water partition coefficient (Wildman–Crippen LogP) is 5.13. The lowest BCUT2D eigenvalue weighted by molar-refractivity contribution is 0.217. The minimum absolute atomic E-state index is 0.0987. The molecule has 0 aliphatic carbocycles. The monoisotopic (exact) mass is 399 g/mol. The normalized spacial score (nSPS) is 12.5. The molecule has 0 spiro atoms. The van der Waals surface area contributed by atoms with Crippen molar-refractivity contribution >= 4 is 35.7 Å². The first-order chi connectivity index (χ1) is 11.1. The lowest BCUT2D eigenvalue weighted by Gasteiger charge is -2.21. The maximum atomic E-state index is 12.2. The summed E-state index contributed by atoms with van der Waals surface area (Å²) in [5.74, 6) is 0.689. The Balaban J connectivity index is 3.19. The van der Waals surface area contributed by atoms with Crippen LogP contribution in [0, 0.1) is 0 Å². The second-order valence-electron chi connectivity index (χ2n) is 8.97. The van der Waals surface area contributed by atoms with Gasteiger partial charge in [-0.25, -0.2) is 0 Å². The number of hydrogen-bond acceptors (Lipinski definition) is 6. The van der Waals surface area contributed by atoms with Crippen LogP contribution in [-0.2, 0) is 0 Å². The van der Waals surface area contributed by atoms with E-state index in [1.54, 1.807) is 12.1 Å². The van der Waals surface area contributed by atoms with Gasteiger partial charge in [0.25, 0.3) is 11.2 Å². The molecular weight excluding hydrogens is 370 g/mol. The summed E-state index contributed by atoms with van der Waals surface area (Å²) in [6, 6.07) is 3.14. The van der Waals surface area contributed by atoms with E-state index in [0.29, 0.717) is 5.75 Å². The summed E-state index contributed by atoms with van der Waals surface area (Å²) in [5.41, 5.74) is -0.569. The fraction of sp³-hybridized carbons (Fsp3) is 0.562. The average Bonchev–Trinajstić information content (AvgIpc) is 2.33. The van der Waals surface area contributed by atoms with Gasteiger partial charge in [-0.2, -0.15) is 4.98 Å². The van der Waals surface area contributed by atoms with Crippen LogP contribution >= 0.6 is 0 Å². The predicted molar refractivity (Wildman–Crippen MR) is 107 cm³/mol. The van der Waals surface area contributed by atoms with E-state index in [-0.39, 0.29) is 22.9 Å². The minimum atomic E-state index is -2.12. The molecule has 25 heavy (non-hydrogen) atoms. The Morgan fingerprint density at radius 3 is 1.40 bits per heavy atom. The van der Waals surface area contributed by atoms with E-state index < -0.39 is 24.5 Å². The summed E-state index contributed by atoms with van der Waals surface area (Å²) in [5, 5.41) is 0. The number of ether oxygens (including phenoxy) is 2. The van der Waals surface area contributed by atoms with Crippen LogP contribution in [0.1, 0.15) is 0 Å². The number of rotatable bonds is 6. The van der Waals surface area contributed by atoms with Crippen LogP contribution in [0.25, 0.3) is 0 Å². The van der Waals surface area contributed by atoms with Gasteiger partial charge in [-0.05, 0) is 19.6 Å². The molecule has 0 saturated heterocycles. The number of aromatic nitrogens is 1. The topological polar surface area (TPSA) is 74.7 Å². The van der Waals surface area contributed by atoms with E-state index in [1.807, 2.05) is 58.9 Å². The van der Waals surface area contributed by atoms with Crippen LogP contribution < -0.4 is 13.9 Å². The lowest BCUT2D eigenvalue weighted by Crippen LogP contribution is -2.37. The Morgan fingerprint density at radius 2 is 1.12 bits per heavy atom. The van der Waals surface area contributed by atoms with Gasteiger partial charge in [0, 0.05) is 12.1 Å². The molecule has 0 unspecified atom stereocenters. The van der Waals surface area contributed by atoms with Crippen molar-refractivity contribution in [2.75, 3.05) is 0 Å². The van der Waals surface area contributed by atoms with Gasteiger partial charge >= 0.3 is 0 Å². The molecule has 0 aliphatic heterocycles. The van der Waals surface area contributed by atoms with Crippen molar-refractivity contribution in [1.29, 1.82) is 0 Å². The SMILES string of the molecule is C[Si](C)(C)Oc1cc(OC(=O)[Si](C)(C)C)nc(OC(=O)[Si](C)(C)C)c1. The van der Waals surface area contributed by atoms with E-state index in [2.05, 4.69) is 4.98 Å². The summed E-state index contributed by atoms with van der Waals surface area (Å²) in [4.78, 5) is 28.5. The molecule has 0 aromatic carbocycles. The van der Waals surface area contributed by atoms with Crippen molar-refractivity contribution in [2.24, 2.45) is 0 Å². The molecule has 0 amide bonds. The number of pyridine rings is 1. The second-order valence-corrected chi connectivity index (χ2v) is 23.2. The standard InChI is InChI=1S/C16H29NO5Si3/c1-23(2,3)15(18)20-13-10-12(22-25(7,8)9)11-14(17-13)21-16(19)24(4,5)6/h10-11H,1-9H3. The Kier molecular flexibility index (Phi) is 6.41. The van der Waals surface area contributed by atoms with Gasteiger partial charge in [-0.15, -0.1) is 0 Å². The van der Waals surface area contributed by atoms with Crippen molar-refractivity contribution in [3.05, 3.63) is 12.1 Å². The largest absolute Gasteiger partial charge is 0.544 e. The van der Waals surface area contributed by atoms with Crippen molar-refractivity contribution in [3.63, 3.8) is 0 Å². The number of nitrogens with zero attached hydrogens (tertiary/aromatic N) is 1. The maximum Gasteiger partial charge on any atom is 0.277 e. The van der Waals surface area contributed by atoms with Crippen LogP contribution in [0.2, 0.25) is 58.9 Å². The molecule has 0 atom stereocenters.